The van der Waals surface area contributed by atoms with Crippen molar-refractivity contribution >= 4 is 17.0 Å². The average molecular weight is 505 g/mol. The SMILES string of the molecule is CC(C)(C)c1ccc2c(c1)-c1cc(C(C)(C)C)ccc1[CH]2[Zr]([Cl])([Cl])[CH]1C=CC=C1. The van der Waals surface area contributed by atoms with Gasteiger partial charge in [0.2, 0.25) is 0 Å². The van der Waals surface area contributed by atoms with Gasteiger partial charge in [0.15, 0.2) is 0 Å². The Morgan fingerprint density at radius 1 is 0.690 bits per heavy atom. The summed E-state index contributed by atoms with van der Waals surface area (Å²) in [6.45, 7) is 13.6. The van der Waals surface area contributed by atoms with Crippen LogP contribution >= 0.6 is 17.0 Å². The third-order valence-corrected chi connectivity index (χ3v) is 18.4. The zero-order chi connectivity index (χ0) is 21.2. The fourth-order valence-electron chi connectivity index (χ4n) is 4.48. The van der Waals surface area contributed by atoms with Crippen LogP contribution in [-0.4, -0.2) is 0 Å². The Hall–Kier alpha value is -0.617. The van der Waals surface area contributed by atoms with Gasteiger partial charge < -0.3 is 0 Å². The Morgan fingerprint density at radius 3 is 1.48 bits per heavy atom. The summed E-state index contributed by atoms with van der Waals surface area (Å²) in [6.07, 6.45) is 8.56. The molecule has 0 spiro atoms. The van der Waals surface area contributed by atoms with Crippen LogP contribution in [0.5, 0.6) is 0 Å². The van der Waals surface area contributed by atoms with Crippen molar-refractivity contribution in [3.8, 4) is 11.1 Å². The van der Waals surface area contributed by atoms with Crippen molar-refractivity contribution < 1.29 is 17.9 Å². The molecule has 0 bridgehead atoms. The Morgan fingerprint density at radius 2 is 1.10 bits per heavy atom. The van der Waals surface area contributed by atoms with Gasteiger partial charge >= 0.3 is 189 Å². The minimum absolute atomic E-state index is 0.105. The topological polar surface area (TPSA) is 0 Å². The molecular weight excluding hydrogens is 474 g/mol. The maximum atomic E-state index is 7.34. The molecule has 0 radical (unpaired) electrons. The van der Waals surface area contributed by atoms with E-state index >= 15 is 0 Å². The fraction of sp³-hybridized carbons (Fsp3) is 0.385. The van der Waals surface area contributed by atoms with Gasteiger partial charge in [0.1, 0.15) is 0 Å². The van der Waals surface area contributed by atoms with Crippen LogP contribution in [0.3, 0.4) is 0 Å². The molecule has 152 valence electrons. The van der Waals surface area contributed by atoms with Gasteiger partial charge in [0.05, 0.1) is 0 Å². The third-order valence-electron chi connectivity index (χ3n) is 6.33. The van der Waals surface area contributed by atoms with Crippen LogP contribution in [0.1, 0.15) is 67.4 Å². The second-order valence-electron chi connectivity index (χ2n) is 10.5. The van der Waals surface area contributed by atoms with Crippen molar-refractivity contribution in [3.05, 3.63) is 83.0 Å². The van der Waals surface area contributed by atoms with E-state index in [2.05, 4.69) is 102 Å². The molecule has 0 saturated carbocycles. The number of halogens is 2. The first kappa shape index (κ1) is 21.6. The fourth-order valence-corrected chi connectivity index (χ4v) is 15.0. The van der Waals surface area contributed by atoms with E-state index in [1.807, 2.05) is 0 Å². The summed E-state index contributed by atoms with van der Waals surface area (Å²) in [5.74, 6) is 0. The molecule has 29 heavy (non-hydrogen) atoms. The van der Waals surface area contributed by atoms with Gasteiger partial charge in [0, 0.05) is 0 Å². The second-order valence-corrected chi connectivity index (χ2v) is 25.4. The third kappa shape index (κ3) is 3.77. The van der Waals surface area contributed by atoms with Crippen molar-refractivity contribution in [2.45, 2.75) is 59.6 Å². The van der Waals surface area contributed by atoms with Crippen molar-refractivity contribution in [3.63, 3.8) is 0 Å². The number of rotatable bonds is 2. The normalized spacial score (nSPS) is 17.1. The molecule has 2 aromatic carbocycles. The molecule has 2 aliphatic rings. The molecule has 0 aliphatic heterocycles. The molecule has 3 heteroatoms. The van der Waals surface area contributed by atoms with E-state index in [0.29, 0.717) is 0 Å². The van der Waals surface area contributed by atoms with E-state index in [1.54, 1.807) is 0 Å². The molecule has 2 aliphatic carbocycles. The van der Waals surface area contributed by atoms with Crippen molar-refractivity contribution in [2.24, 2.45) is 0 Å². The molecule has 2 aromatic rings. The minimum atomic E-state index is -3.60. The van der Waals surface area contributed by atoms with E-state index in [4.69, 9.17) is 17.0 Å². The molecule has 0 saturated heterocycles. The van der Waals surface area contributed by atoms with Crippen LogP contribution < -0.4 is 0 Å². The predicted octanol–water partition coefficient (Wildman–Crippen LogP) is 8.73. The molecule has 4 rings (SSSR count). The Kier molecular flexibility index (Phi) is 5.38. The van der Waals surface area contributed by atoms with Crippen molar-refractivity contribution in [1.82, 2.24) is 0 Å². The summed E-state index contributed by atoms with van der Waals surface area (Å²) in [7, 11) is 14.7. The van der Waals surface area contributed by atoms with E-state index in [-0.39, 0.29) is 18.1 Å². The Balaban J connectivity index is 1.95. The first-order valence-electron chi connectivity index (χ1n) is 10.4. The van der Waals surface area contributed by atoms with Crippen LogP contribution in [0.25, 0.3) is 11.1 Å². The monoisotopic (exact) mass is 502 g/mol. The molecule has 0 unspecified atom stereocenters. The van der Waals surface area contributed by atoms with Crippen LogP contribution in [0.4, 0.5) is 0 Å². The first-order valence-corrected chi connectivity index (χ1v) is 19.6. The summed E-state index contributed by atoms with van der Waals surface area (Å²) in [5, 5.41) is 0. The Bertz CT molecular complexity index is 940. The standard InChI is InChI=1S/C21H25.C5H5.2ClH.Zr/c1-20(2,3)16-9-7-14-11-15-8-10-17(21(4,5)6)13-19(15)18(14)12-16;1-2-4-5-3-1;;;/h7-13H,1-6H3;1-5H;2*1H;/q;;;;+2/p-2. The molecule has 0 heterocycles. The van der Waals surface area contributed by atoms with Crippen molar-refractivity contribution in [1.29, 1.82) is 0 Å². The van der Waals surface area contributed by atoms with E-state index < -0.39 is 17.9 Å². The number of fused-ring (bicyclic) bond motifs is 3. The van der Waals surface area contributed by atoms with Gasteiger partial charge in [-0.05, 0) is 0 Å². The van der Waals surface area contributed by atoms with E-state index in [0.717, 1.165) is 0 Å². The zero-order valence-electron chi connectivity index (χ0n) is 18.2. The molecule has 0 atom stereocenters. The van der Waals surface area contributed by atoms with E-state index in [1.165, 1.54) is 33.4 Å². The summed E-state index contributed by atoms with van der Waals surface area (Å²) in [4.78, 5) is 0. The maximum absolute atomic E-state index is 7.34. The molecule has 0 nitrogen and oxygen atoms in total. The summed E-state index contributed by atoms with van der Waals surface area (Å²) in [5.41, 5.74) is 8.24. The van der Waals surface area contributed by atoms with Gasteiger partial charge in [0.25, 0.3) is 0 Å². The van der Waals surface area contributed by atoms with Gasteiger partial charge in [-0.15, -0.1) is 0 Å². The summed E-state index contributed by atoms with van der Waals surface area (Å²) >= 11 is -3.60. The number of allylic oxidation sites excluding steroid dienone is 4. The number of benzene rings is 2. The predicted molar refractivity (Wildman–Crippen MR) is 125 cm³/mol. The van der Waals surface area contributed by atoms with Gasteiger partial charge in [-0.3, -0.25) is 0 Å². The average Bonchev–Trinajstić information content (AvgIpc) is 3.26. The van der Waals surface area contributed by atoms with Crippen LogP contribution in [0.15, 0.2) is 60.7 Å². The van der Waals surface area contributed by atoms with Gasteiger partial charge in [-0.25, -0.2) is 0 Å². The second kappa shape index (κ2) is 7.22. The van der Waals surface area contributed by atoms with Crippen molar-refractivity contribution in [2.75, 3.05) is 0 Å². The first-order chi connectivity index (χ1) is 13.4. The zero-order valence-corrected chi connectivity index (χ0v) is 22.2. The Labute approximate surface area is 187 Å². The number of hydrogen-bond donors (Lipinski definition) is 0. The van der Waals surface area contributed by atoms with Crippen LogP contribution in [0.2, 0.25) is 3.63 Å². The molecule has 0 aromatic heterocycles. The van der Waals surface area contributed by atoms with E-state index in [9.17, 15) is 0 Å². The summed E-state index contributed by atoms with van der Waals surface area (Å²) in [6, 6.07) is 13.9. The molecular formula is C26H30Cl2Zr. The van der Waals surface area contributed by atoms with Crippen LogP contribution in [-0.2, 0) is 28.7 Å². The molecule has 0 amide bonds. The number of hydrogen-bond acceptors (Lipinski definition) is 0. The van der Waals surface area contributed by atoms with Gasteiger partial charge in [-0.2, -0.15) is 0 Å². The molecule has 0 fully saturated rings. The van der Waals surface area contributed by atoms with Gasteiger partial charge in [-0.1, -0.05) is 0 Å². The summed E-state index contributed by atoms with van der Waals surface area (Å²) < 4.78 is 0.360. The molecule has 0 N–H and O–H groups in total. The quantitative estimate of drug-likeness (QED) is 0.384. The van der Waals surface area contributed by atoms with Crippen LogP contribution in [0, 0.1) is 0 Å².